The number of H-pyrrole nitrogens is 1. The zero-order valence-corrected chi connectivity index (χ0v) is 15.8. The Balaban J connectivity index is 1.54. The lowest BCUT2D eigenvalue weighted by atomic mass is 10.0. The number of carbonyl (C=O) groups excluding carboxylic acids is 1. The number of aromatic amines is 1. The molecular formula is C22H17F3N4O. The van der Waals surface area contributed by atoms with Gasteiger partial charge in [-0.1, -0.05) is 24.3 Å². The summed E-state index contributed by atoms with van der Waals surface area (Å²) in [5.41, 5.74) is 3.64. The molecule has 0 atom stereocenters. The molecule has 2 heterocycles. The standard InChI is InChI=1S/C22H17F3N4O/c1-13-4-2-3-5-17(13)14-10-18-19(12-27-20(18)26-11-14)29-21(30)28-16-8-6-15(7-9-16)22(23,24)25/h2-12H,1H3,(H,26,27)(H2,28,29,30). The van der Waals surface area contributed by atoms with E-state index in [-0.39, 0.29) is 5.69 Å². The number of nitrogens with one attached hydrogen (secondary N) is 3. The minimum Gasteiger partial charge on any atom is -0.344 e. The van der Waals surface area contributed by atoms with Crippen molar-refractivity contribution in [2.75, 3.05) is 10.6 Å². The largest absolute Gasteiger partial charge is 0.416 e. The van der Waals surface area contributed by atoms with E-state index in [0.29, 0.717) is 11.3 Å². The van der Waals surface area contributed by atoms with Crippen LogP contribution in [0, 0.1) is 6.92 Å². The van der Waals surface area contributed by atoms with Crippen molar-refractivity contribution in [3.8, 4) is 11.1 Å². The van der Waals surface area contributed by atoms with Gasteiger partial charge in [0.15, 0.2) is 0 Å². The van der Waals surface area contributed by atoms with E-state index in [1.165, 1.54) is 12.1 Å². The monoisotopic (exact) mass is 410 g/mol. The maximum Gasteiger partial charge on any atom is 0.416 e. The Bertz CT molecular complexity index is 1210. The first-order valence-corrected chi connectivity index (χ1v) is 9.09. The number of aromatic nitrogens is 2. The highest BCUT2D eigenvalue weighted by molar-refractivity contribution is 6.06. The third-order valence-corrected chi connectivity index (χ3v) is 4.71. The zero-order chi connectivity index (χ0) is 21.3. The molecule has 0 aliphatic carbocycles. The van der Waals surface area contributed by atoms with Crippen molar-refractivity contribution in [2.45, 2.75) is 13.1 Å². The summed E-state index contributed by atoms with van der Waals surface area (Å²) in [5, 5.41) is 5.96. The van der Waals surface area contributed by atoms with Crippen molar-refractivity contribution < 1.29 is 18.0 Å². The summed E-state index contributed by atoms with van der Waals surface area (Å²) in [5.74, 6) is 0. The Kier molecular flexibility index (Phi) is 4.91. The molecular weight excluding hydrogens is 393 g/mol. The average molecular weight is 410 g/mol. The van der Waals surface area contributed by atoms with Gasteiger partial charge < -0.3 is 15.6 Å². The first kappa shape index (κ1) is 19.5. The van der Waals surface area contributed by atoms with Crippen LogP contribution in [0.4, 0.5) is 29.3 Å². The van der Waals surface area contributed by atoms with Crippen LogP contribution in [0.25, 0.3) is 22.2 Å². The molecule has 0 aliphatic heterocycles. The number of pyridine rings is 1. The van der Waals surface area contributed by atoms with E-state index >= 15 is 0 Å². The molecule has 4 rings (SSSR count). The number of fused-ring (bicyclic) bond motifs is 1. The number of anilines is 2. The lowest BCUT2D eigenvalue weighted by molar-refractivity contribution is -0.137. The number of halogens is 3. The van der Waals surface area contributed by atoms with Crippen LogP contribution in [-0.4, -0.2) is 16.0 Å². The minimum atomic E-state index is -4.42. The number of urea groups is 1. The highest BCUT2D eigenvalue weighted by Crippen LogP contribution is 2.31. The Morgan fingerprint density at radius 3 is 2.47 bits per heavy atom. The number of nitrogens with zero attached hydrogens (tertiary/aromatic N) is 1. The van der Waals surface area contributed by atoms with Crippen LogP contribution in [0.2, 0.25) is 0 Å². The molecule has 0 saturated carbocycles. The van der Waals surface area contributed by atoms with Crippen molar-refractivity contribution >= 4 is 28.4 Å². The Morgan fingerprint density at radius 2 is 1.77 bits per heavy atom. The van der Waals surface area contributed by atoms with E-state index in [2.05, 4.69) is 20.6 Å². The maximum atomic E-state index is 12.7. The molecule has 4 aromatic rings. The van der Waals surface area contributed by atoms with Gasteiger partial charge in [-0.15, -0.1) is 0 Å². The Morgan fingerprint density at radius 1 is 1.03 bits per heavy atom. The second-order valence-corrected chi connectivity index (χ2v) is 6.79. The molecule has 0 bridgehead atoms. The number of aryl methyl sites for hydroxylation is 1. The molecule has 0 spiro atoms. The van der Waals surface area contributed by atoms with Crippen LogP contribution >= 0.6 is 0 Å². The normalized spacial score (nSPS) is 11.5. The number of alkyl halides is 3. The summed E-state index contributed by atoms with van der Waals surface area (Å²) < 4.78 is 38.0. The van der Waals surface area contributed by atoms with Gasteiger partial charge in [0.05, 0.1) is 11.3 Å². The fraction of sp³-hybridized carbons (Fsp3) is 0.0909. The van der Waals surface area contributed by atoms with Crippen molar-refractivity contribution in [3.05, 3.63) is 78.1 Å². The second-order valence-electron chi connectivity index (χ2n) is 6.79. The molecule has 0 fully saturated rings. The molecule has 0 radical (unpaired) electrons. The topological polar surface area (TPSA) is 69.8 Å². The lowest BCUT2D eigenvalue weighted by Gasteiger charge is -2.10. The first-order valence-electron chi connectivity index (χ1n) is 9.09. The molecule has 2 aromatic carbocycles. The summed E-state index contributed by atoms with van der Waals surface area (Å²) in [6, 6.07) is 13.5. The van der Waals surface area contributed by atoms with Gasteiger partial charge in [0.1, 0.15) is 5.65 Å². The molecule has 152 valence electrons. The van der Waals surface area contributed by atoms with Crippen LogP contribution < -0.4 is 10.6 Å². The molecule has 2 amide bonds. The van der Waals surface area contributed by atoms with Crippen molar-refractivity contribution in [2.24, 2.45) is 0 Å². The number of rotatable bonds is 3. The summed E-state index contributed by atoms with van der Waals surface area (Å²) >= 11 is 0. The van der Waals surface area contributed by atoms with E-state index in [9.17, 15) is 18.0 Å². The Hall–Kier alpha value is -3.81. The second kappa shape index (κ2) is 7.55. The fourth-order valence-corrected chi connectivity index (χ4v) is 3.18. The average Bonchev–Trinajstić information content (AvgIpc) is 3.10. The van der Waals surface area contributed by atoms with Gasteiger partial charge in [0.25, 0.3) is 0 Å². The van der Waals surface area contributed by atoms with E-state index < -0.39 is 17.8 Å². The maximum absolute atomic E-state index is 12.7. The van der Waals surface area contributed by atoms with Gasteiger partial charge in [-0.3, -0.25) is 0 Å². The van der Waals surface area contributed by atoms with Crippen molar-refractivity contribution in [3.63, 3.8) is 0 Å². The summed E-state index contributed by atoms with van der Waals surface area (Å²) in [7, 11) is 0. The molecule has 0 aliphatic rings. The predicted octanol–water partition coefficient (Wildman–Crippen LogP) is 6.20. The van der Waals surface area contributed by atoms with Crippen LogP contribution in [-0.2, 0) is 6.18 Å². The Labute approximate surface area is 170 Å². The molecule has 8 heteroatoms. The van der Waals surface area contributed by atoms with Gasteiger partial charge in [-0.25, -0.2) is 9.78 Å². The predicted molar refractivity (Wildman–Crippen MR) is 110 cm³/mol. The zero-order valence-electron chi connectivity index (χ0n) is 15.8. The quantitative estimate of drug-likeness (QED) is 0.376. The third kappa shape index (κ3) is 3.98. The number of carbonyl (C=O) groups is 1. The van der Waals surface area contributed by atoms with Gasteiger partial charge in [0, 0.05) is 29.0 Å². The SMILES string of the molecule is Cc1ccccc1-c1cnc2[nH]cc(NC(=O)Nc3ccc(C(F)(F)F)cc3)c2c1. The molecule has 0 unspecified atom stereocenters. The van der Waals surface area contributed by atoms with E-state index in [4.69, 9.17) is 0 Å². The molecule has 3 N–H and O–H groups in total. The van der Waals surface area contributed by atoms with Crippen LogP contribution in [0.3, 0.4) is 0 Å². The number of hydrogen-bond acceptors (Lipinski definition) is 2. The van der Waals surface area contributed by atoms with Gasteiger partial charge in [-0.2, -0.15) is 13.2 Å². The number of amides is 2. The van der Waals surface area contributed by atoms with Crippen LogP contribution in [0.5, 0.6) is 0 Å². The van der Waals surface area contributed by atoms with Crippen LogP contribution in [0.1, 0.15) is 11.1 Å². The van der Waals surface area contributed by atoms with Gasteiger partial charge in [-0.05, 0) is 48.4 Å². The highest BCUT2D eigenvalue weighted by atomic mass is 19.4. The van der Waals surface area contributed by atoms with Gasteiger partial charge >= 0.3 is 12.2 Å². The van der Waals surface area contributed by atoms with Crippen molar-refractivity contribution in [1.29, 1.82) is 0 Å². The minimum absolute atomic E-state index is 0.249. The smallest absolute Gasteiger partial charge is 0.344 e. The van der Waals surface area contributed by atoms with E-state index in [1.807, 2.05) is 37.3 Å². The van der Waals surface area contributed by atoms with Gasteiger partial charge in [0.2, 0.25) is 0 Å². The number of hydrogen-bond donors (Lipinski definition) is 3. The lowest BCUT2D eigenvalue weighted by Crippen LogP contribution is -2.19. The van der Waals surface area contributed by atoms with E-state index in [1.54, 1.807) is 12.4 Å². The van der Waals surface area contributed by atoms with E-state index in [0.717, 1.165) is 34.2 Å². The third-order valence-electron chi connectivity index (χ3n) is 4.71. The summed E-state index contributed by atoms with van der Waals surface area (Å²) in [4.78, 5) is 19.7. The highest BCUT2D eigenvalue weighted by Gasteiger charge is 2.30. The molecule has 0 saturated heterocycles. The molecule has 30 heavy (non-hydrogen) atoms. The summed E-state index contributed by atoms with van der Waals surface area (Å²) in [6.45, 7) is 2.01. The first-order chi connectivity index (χ1) is 14.3. The number of benzene rings is 2. The van der Waals surface area contributed by atoms with Crippen molar-refractivity contribution in [1.82, 2.24) is 9.97 Å². The molecule has 5 nitrogen and oxygen atoms in total. The molecule has 2 aromatic heterocycles. The summed E-state index contributed by atoms with van der Waals surface area (Å²) in [6.07, 6.45) is -1.05. The fourth-order valence-electron chi connectivity index (χ4n) is 3.18. The van der Waals surface area contributed by atoms with Crippen LogP contribution in [0.15, 0.2) is 67.0 Å².